The molecule has 2 aromatic carbocycles. The SMILES string of the molecule is O=C(CC1CCCc2ccccc21)c1ccc(Br)cc1Cl. The average Bonchev–Trinajstić information content (AvgIpc) is 2.47. The molecule has 0 heterocycles. The quantitative estimate of drug-likeness (QED) is 0.630. The van der Waals surface area contributed by atoms with Gasteiger partial charge < -0.3 is 0 Å². The highest BCUT2D eigenvalue weighted by molar-refractivity contribution is 9.10. The van der Waals surface area contributed by atoms with Crippen LogP contribution in [0.3, 0.4) is 0 Å². The number of ketones is 1. The summed E-state index contributed by atoms with van der Waals surface area (Å²) in [5, 5.41) is 0.526. The summed E-state index contributed by atoms with van der Waals surface area (Å²) in [6, 6.07) is 13.9. The Labute approximate surface area is 138 Å². The highest BCUT2D eigenvalue weighted by Crippen LogP contribution is 2.35. The average molecular weight is 364 g/mol. The van der Waals surface area contributed by atoms with E-state index in [4.69, 9.17) is 11.6 Å². The fraction of sp³-hybridized carbons (Fsp3) is 0.278. The first-order valence-electron chi connectivity index (χ1n) is 7.21. The number of benzene rings is 2. The van der Waals surface area contributed by atoms with Gasteiger partial charge in [-0.15, -0.1) is 0 Å². The van der Waals surface area contributed by atoms with Gasteiger partial charge in [0.15, 0.2) is 5.78 Å². The molecule has 21 heavy (non-hydrogen) atoms. The van der Waals surface area contributed by atoms with Crippen LogP contribution in [-0.4, -0.2) is 5.78 Å². The summed E-state index contributed by atoms with van der Waals surface area (Å²) in [6.07, 6.45) is 3.90. The van der Waals surface area contributed by atoms with Crippen LogP contribution in [0.4, 0.5) is 0 Å². The second-order valence-electron chi connectivity index (χ2n) is 5.54. The van der Waals surface area contributed by atoms with Crippen molar-refractivity contribution in [2.24, 2.45) is 0 Å². The van der Waals surface area contributed by atoms with Crippen molar-refractivity contribution in [3.05, 3.63) is 68.7 Å². The van der Waals surface area contributed by atoms with Crippen LogP contribution in [0.5, 0.6) is 0 Å². The minimum Gasteiger partial charge on any atom is -0.294 e. The molecule has 2 aromatic rings. The minimum absolute atomic E-state index is 0.134. The van der Waals surface area contributed by atoms with Gasteiger partial charge in [0.1, 0.15) is 0 Å². The maximum atomic E-state index is 12.6. The topological polar surface area (TPSA) is 17.1 Å². The zero-order valence-corrected chi connectivity index (χ0v) is 14.0. The lowest BCUT2D eigenvalue weighted by Crippen LogP contribution is -2.14. The van der Waals surface area contributed by atoms with Crippen molar-refractivity contribution in [3.63, 3.8) is 0 Å². The monoisotopic (exact) mass is 362 g/mol. The molecule has 1 aliphatic rings. The summed E-state index contributed by atoms with van der Waals surface area (Å²) in [5.41, 5.74) is 3.36. The van der Waals surface area contributed by atoms with Crippen molar-refractivity contribution in [2.75, 3.05) is 0 Å². The van der Waals surface area contributed by atoms with Gasteiger partial charge >= 0.3 is 0 Å². The van der Waals surface area contributed by atoms with Crippen LogP contribution in [0.1, 0.15) is 46.7 Å². The number of carbonyl (C=O) groups excluding carboxylic acids is 1. The van der Waals surface area contributed by atoms with E-state index in [-0.39, 0.29) is 5.78 Å². The Morgan fingerprint density at radius 1 is 1.24 bits per heavy atom. The number of hydrogen-bond donors (Lipinski definition) is 0. The van der Waals surface area contributed by atoms with Crippen molar-refractivity contribution in [2.45, 2.75) is 31.6 Å². The van der Waals surface area contributed by atoms with Crippen molar-refractivity contribution in [3.8, 4) is 0 Å². The van der Waals surface area contributed by atoms with Gasteiger partial charge in [-0.1, -0.05) is 51.8 Å². The molecule has 0 bridgehead atoms. The predicted octanol–water partition coefficient (Wildman–Crippen LogP) is 5.80. The lowest BCUT2D eigenvalue weighted by Gasteiger charge is -2.25. The second kappa shape index (κ2) is 6.33. The molecule has 3 heteroatoms. The summed E-state index contributed by atoms with van der Waals surface area (Å²) in [4.78, 5) is 12.6. The molecule has 1 aliphatic carbocycles. The van der Waals surface area contributed by atoms with Gasteiger partial charge in [-0.2, -0.15) is 0 Å². The summed E-state index contributed by atoms with van der Waals surface area (Å²) >= 11 is 9.56. The van der Waals surface area contributed by atoms with Crippen molar-refractivity contribution in [1.82, 2.24) is 0 Å². The number of hydrogen-bond acceptors (Lipinski definition) is 1. The van der Waals surface area contributed by atoms with Crippen LogP contribution >= 0.6 is 27.5 Å². The van der Waals surface area contributed by atoms with E-state index in [0.717, 1.165) is 23.7 Å². The van der Waals surface area contributed by atoms with Gasteiger partial charge in [-0.3, -0.25) is 4.79 Å². The van der Waals surface area contributed by atoms with Crippen molar-refractivity contribution < 1.29 is 4.79 Å². The van der Waals surface area contributed by atoms with Gasteiger partial charge in [0.2, 0.25) is 0 Å². The van der Waals surface area contributed by atoms with Crippen LogP contribution < -0.4 is 0 Å². The van der Waals surface area contributed by atoms with Crippen LogP contribution in [0.25, 0.3) is 0 Å². The lowest BCUT2D eigenvalue weighted by molar-refractivity contribution is 0.0971. The van der Waals surface area contributed by atoms with Gasteiger partial charge in [0, 0.05) is 16.5 Å². The molecule has 0 spiro atoms. The molecule has 1 atom stereocenters. The van der Waals surface area contributed by atoms with E-state index in [9.17, 15) is 4.79 Å². The molecular weight excluding hydrogens is 348 g/mol. The predicted molar refractivity (Wildman–Crippen MR) is 90.2 cm³/mol. The second-order valence-corrected chi connectivity index (χ2v) is 6.86. The molecule has 0 aromatic heterocycles. The highest BCUT2D eigenvalue weighted by atomic mass is 79.9. The third-order valence-corrected chi connectivity index (χ3v) is 4.96. The van der Waals surface area contributed by atoms with E-state index >= 15 is 0 Å². The number of Topliss-reactive ketones (excluding diaryl/α,β-unsaturated/α-hetero) is 1. The van der Waals surface area contributed by atoms with Crippen LogP contribution in [0, 0.1) is 0 Å². The van der Waals surface area contributed by atoms with Gasteiger partial charge in [-0.05, 0) is 54.5 Å². The first kappa shape index (κ1) is 14.8. The maximum Gasteiger partial charge on any atom is 0.164 e. The Hall–Kier alpha value is -1.12. The molecule has 0 aliphatic heterocycles. The third kappa shape index (κ3) is 3.22. The number of halogens is 2. The molecule has 0 saturated heterocycles. The molecule has 0 amide bonds. The molecule has 108 valence electrons. The molecule has 1 nitrogen and oxygen atoms in total. The smallest absolute Gasteiger partial charge is 0.164 e. The number of rotatable bonds is 3. The molecular formula is C18H16BrClO. The van der Waals surface area contributed by atoms with E-state index in [1.54, 1.807) is 6.07 Å². The summed E-state index contributed by atoms with van der Waals surface area (Å²) in [6.45, 7) is 0. The fourth-order valence-electron chi connectivity index (χ4n) is 3.12. The van der Waals surface area contributed by atoms with E-state index < -0.39 is 0 Å². The van der Waals surface area contributed by atoms with Crippen molar-refractivity contribution in [1.29, 1.82) is 0 Å². The Kier molecular flexibility index (Phi) is 4.46. The van der Waals surface area contributed by atoms with E-state index in [2.05, 4.69) is 40.2 Å². The Morgan fingerprint density at radius 3 is 2.86 bits per heavy atom. The fourth-order valence-corrected chi connectivity index (χ4v) is 3.89. The third-order valence-electron chi connectivity index (χ3n) is 4.16. The molecule has 0 N–H and O–H groups in total. The summed E-state index contributed by atoms with van der Waals surface area (Å²) < 4.78 is 0.895. The summed E-state index contributed by atoms with van der Waals surface area (Å²) in [7, 11) is 0. The van der Waals surface area contributed by atoms with Gasteiger partial charge in [-0.25, -0.2) is 0 Å². The molecule has 0 radical (unpaired) electrons. The largest absolute Gasteiger partial charge is 0.294 e. The van der Waals surface area contributed by atoms with Crippen LogP contribution in [0.15, 0.2) is 46.9 Å². The molecule has 1 unspecified atom stereocenters. The zero-order valence-electron chi connectivity index (χ0n) is 11.6. The maximum absolute atomic E-state index is 12.6. The van der Waals surface area contributed by atoms with E-state index in [0.29, 0.717) is 22.9 Å². The molecule has 0 fully saturated rings. The zero-order chi connectivity index (χ0) is 14.8. The van der Waals surface area contributed by atoms with Crippen LogP contribution in [-0.2, 0) is 6.42 Å². The highest BCUT2D eigenvalue weighted by Gasteiger charge is 2.23. The molecule has 3 rings (SSSR count). The Balaban J connectivity index is 1.83. The standard InChI is InChI=1S/C18H16BrClO/c19-14-8-9-16(17(20)11-14)18(21)10-13-6-3-5-12-4-1-2-7-15(12)13/h1-2,4,7-9,11,13H,3,5-6,10H2. The summed E-state index contributed by atoms with van der Waals surface area (Å²) in [5.74, 6) is 0.455. The van der Waals surface area contributed by atoms with Crippen molar-refractivity contribution >= 4 is 33.3 Å². The normalized spacial score (nSPS) is 17.3. The Morgan fingerprint density at radius 2 is 2.05 bits per heavy atom. The van der Waals surface area contributed by atoms with Gasteiger partial charge in [0.25, 0.3) is 0 Å². The van der Waals surface area contributed by atoms with E-state index in [1.165, 1.54) is 11.1 Å². The molecule has 0 saturated carbocycles. The number of fused-ring (bicyclic) bond motifs is 1. The Bertz CT molecular complexity index is 681. The number of aryl methyl sites for hydroxylation is 1. The minimum atomic E-state index is 0.134. The number of carbonyl (C=O) groups is 1. The first-order chi connectivity index (χ1) is 10.1. The van der Waals surface area contributed by atoms with Crippen LogP contribution in [0.2, 0.25) is 5.02 Å². The van der Waals surface area contributed by atoms with E-state index in [1.807, 2.05) is 12.1 Å². The lowest BCUT2D eigenvalue weighted by atomic mass is 9.79. The van der Waals surface area contributed by atoms with Gasteiger partial charge in [0.05, 0.1) is 5.02 Å². The first-order valence-corrected chi connectivity index (χ1v) is 8.38.